The number of hydrogen-bond donors (Lipinski definition) is 2. The first-order chi connectivity index (χ1) is 16.0. The van der Waals surface area contributed by atoms with Gasteiger partial charge in [0.05, 0.1) is 22.2 Å². The molecule has 1 saturated carbocycles. The van der Waals surface area contributed by atoms with Crippen LogP contribution in [-0.2, 0) is 4.79 Å². The van der Waals surface area contributed by atoms with Crippen LogP contribution in [0.5, 0.6) is 0 Å². The zero-order valence-electron chi connectivity index (χ0n) is 16.8. The average Bonchev–Trinajstić information content (AvgIpc) is 3.33. The number of carbonyl (C=O) groups excluding carboxylic acids is 2. The van der Waals surface area contributed by atoms with Gasteiger partial charge in [-0.3, -0.25) is 9.59 Å². The van der Waals surface area contributed by atoms with Crippen molar-refractivity contribution in [3.8, 4) is 0 Å². The fraction of sp³-hybridized carbons (Fsp3) is 0.130. The summed E-state index contributed by atoms with van der Waals surface area (Å²) >= 11 is 30.8. The second kappa shape index (κ2) is 9.51. The third-order valence-corrected chi connectivity index (χ3v) is 6.93. The van der Waals surface area contributed by atoms with Gasteiger partial charge in [0.25, 0.3) is 5.91 Å². The zero-order valence-corrected chi connectivity index (χ0v) is 20.6. The summed E-state index contributed by atoms with van der Waals surface area (Å²) in [5, 5.41) is 5.44. The highest BCUT2D eigenvalue weighted by atomic mass is 35.5. The summed E-state index contributed by atoms with van der Waals surface area (Å²) < 4.78 is 26.2. The van der Waals surface area contributed by atoms with E-state index < -0.39 is 39.6 Å². The molecule has 3 aromatic carbocycles. The maximum absolute atomic E-state index is 14.6. The van der Waals surface area contributed by atoms with E-state index >= 15 is 0 Å². The van der Waals surface area contributed by atoms with Crippen LogP contribution in [0.2, 0.25) is 15.1 Å². The normalized spacial score (nSPS) is 18.3. The van der Waals surface area contributed by atoms with E-state index in [0.717, 1.165) is 24.3 Å². The largest absolute Gasteiger partial charge is 0.323 e. The van der Waals surface area contributed by atoms with Gasteiger partial charge in [0.2, 0.25) is 5.91 Å². The van der Waals surface area contributed by atoms with E-state index in [0.29, 0.717) is 21.3 Å². The summed E-state index contributed by atoms with van der Waals surface area (Å²) in [6.45, 7) is 0. The van der Waals surface area contributed by atoms with Gasteiger partial charge in [0, 0.05) is 21.7 Å². The molecule has 0 saturated heterocycles. The van der Waals surface area contributed by atoms with E-state index in [1.807, 2.05) is 0 Å². The van der Waals surface area contributed by atoms with Crippen molar-refractivity contribution in [2.75, 3.05) is 10.6 Å². The summed E-state index contributed by atoms with van der Waals surface area (Å²) in [6, 6.07) is 11.7. The quantitative estimate of drug-likeness (QED) is 0.312. The Morgan fingerprint density at radius 2 is 1.47 bits per heavy atom. The standard InChI is InChI=1S/C23H13Cl5F2N2O2/c24-11-5-10(6-12(25)7-11)19-20(23(19,27)28)22(34)32-18-8-15(16(26)9-17(18)30)21(33)31-14-3-1-13(29)2-4-14/h1-9,19-20H,(H,31,33)(H,32,34)/t19-,20+/m0/s1. The highest BCUT2D eigenvalue weighted by Gasteiger charge is 2.67. The molecule has 2 amide bonds. The molecule has 2 atom stereocenters. The third-order valence-electron chi connectivity index (χ3n) is 5.24. The molecule has 0 aromatic heterocycles. The highest BCUT2D eigenvalue weighted by Crippen LogP contribution is 2.65. The lowest BCUT2D eigenvalue weighted by molar-refractivity contribution is -0.117. The van der Waals surface area contributed by atoms with Gasteiger partial charge in [0.1, 0.15) is 16.0 Å². The monoisotopic (exact) mass is 562 g/mol. The number of anilines is 2. The van der Waals surface area contributed by atoms with Crippen molar-refractivity contribution in [1.82, 2.24) is 0 Å². The van der Waals surface area contributed by atoms with E-state index in [2.05, 4.69) is 10.6 Å². The molecule has 0 unspecified atom stereocenters. The minimum atomic E-state index is -1.47. The Kier molecular flexibility index (Phi) is 7.00. The molecule has 1 fully saturated rings. The number of halogens is 7. The minimum absolute atomic E-state index is 0.111. The lowest BCUT2D eigenvalue weighted by Crippen LogP contribution is -2.19. The second-order valence-corrected chi connectivity index (χ2v) is 10.3. The van der Waals surface area contributed by atoms with Gasteiger partial charge in [-0.05, 0) is 60.2 Å². The second-order valence-electron chi connectivity index (χ2n) is 7.59. The SMILES string of the molecule is O=C(Nc1ccc(F)cc1)c1cc(NC(=O)[C@H]2[C@H](c3cc(Cl)cc(Cl)c3)C2(Cl)Cl)c(F)cc1Cl. The molecule has 1 aliphatic rings. The number of nitrogens with one attached hydrogen (secondary N) is 2. The van der Waals surface area contributed by atoms with E-state index in [1.165, 1.54) is 18.2 Å². The summed E-state index contributed by atoms with van der Waals surface area (Å²) in [4.78, 5) is 25.5. The fourth-order valence-corrected chi connectivity index (χ4v) is 5.19. The molecule has 0 bridgehead atoms. The van der Waals surface area contributed by atoms with Crippen molar-refractivity contribution in [1.29, 1.82) is 0 Å². The molecule has 4 rings (SSSR count). The van der Waals surface area contributed by atoms with Gasteiger partial charge in [-0.1, -0.05) is 34.8 Å². The van der Waals surface area contributed by atoms with Crippen LogP contribution in [0.25, 0.3) is 0 Å². The van der Waals surface area contributed by atoms with Gasteiger partial charge >= 0.3 is 0 Å². The maximum Gasteiger partial charge on any atom is 0.257 e. The molecular weight excluding hydrogens is 552 g/mol. The predicted molar refractivity (Wildman–Crippen MR) is 132 cm³/mol. The highest BCUT2D eigenvalue weighted by molar-refractivity contribution is 6.53. The Bertz CT molecular complexity index is 1280. The molecule has 3 aromatic rings. The molecular formula is C23H13Cl5F2N2O2. The number of rotatable bonds is 5. The van der Waals surface area contributed by atoms with Crippen molar-refractivity contribution in [3.05, 3.63) is 92.4 Å². The molecule has 176 valence electrons. The molecule has 0 radical (unpaired) electrons. The van der Waals surface area contributed by atoms with Crippen molar-refractivity contribution >= 4 is 81.2 Å². The van der Waals surface area contributed by atoms with Gasteiger partial charge in [-0.25, -0.2) is 8.78 Å². The van der Waals surface area contributed by atoms with Crippen molar-refractivity contribution in [2.45, 2.75) is 10.3 Å². The number of amides is 2. The van der Waals surface area contributed by atoms with Crippen LogP contribution in [0, 0.1) is 17.6 Å². The van der Waals surface area contributed by atoms with Crippen molar-refractivity contribution in [3.63, 3.8) is 0 Å². The average molecular weight is 565 g/mol. The van der Waals surface area contributed by atoms with E-state index in [-0.39, 0.29) is 16.3 Å². The Balaban J connectivity index is 1.55. The molecule has 0 heterocycles. The minimum Gasteiger partial charge on any atom is -0.323 e. The lowest BCUT2D eigenvalue weighted by Gasteiger charge is -2.11. The fourth-order valence-electron chi connectivity index (χ4n) is 3.58. The number of hydrogen-bond acceptors (Lipinski definition) is 2. The molecule has 0 spiro atoms. The number of benzene rings is 3. The van der Waals surface area contributed by atoms with Crippen molar-refractivity contribution < 1.29 is 18.4 Å². The van der Waals surface area contributed by atoms with E-state index in [4.69, 9.17) is 58.0 Å². The molecule has 34 heavy (non-hydrogen) atoms. The smallest absolute Gasteiger partial charge is 0.257 e. The van der Waals surface area contributed by atoms with Crippen LogP contribution in [-0.4, -0.2) is 16.1 Å². The lowest BCUT2D eigenvalue weighted by atomic mass is 10.1. The summed E-state index contributed by atoms with van der Waals surface area (Å²) in [5.41, 5.74) is 0.447. The maximum atomic E-state index is 14.6. The Labute approximate surface area is 218 Å². The van der Waals surface area contributed by atoms with Crippen LogP contribution < -0.4 is 10.6 Å². The Hall–Kier alpha value is -2.09. The Morgan fingerprint density at radius 3 is 2.09 bits per heavy atom. The van der Waals surface area contributed by atoms with Crippen molar-refractivity contribution in [2.24, 2.45) is 5.92 Å². The molecule has 1 aliphatic carbocycles. The first-order valence-corrected chi connectivity index (χ1v) is 11.6. The third kappa shape index (κ3) is 5.11. The Morgan fingerprint density at radius 1 is 0.853 bits per heavy atom. The van der Waals surface area contributed by atoms with Gasteiger partial charge in [0.15, 0.2) is 0 Å². The van der Waals surface area contributed by atoms with Crippen LogP contribution in [0.3, 0.4) is 0 Å². The molecule has 11 heteroatoms. The van der Waals surface area contributed by atoms with Gasteiger partial charge < -0.3 is 10.6 Å². The zero-order chi connectivity index (χ0) is 24.8. The number of carbonyl (C=O) groups is 2. The first-order valence-electron chi connectivity index (χ1n) is 9.68. The van der Waals surface area contributed by atoms with Crippen LogP contribution in [0.1, 0.15) is 21.8 Å². The summed E-state index contributed by atoms with van der Waals surface area (Å²) in [5.74, 6) is -4.27. The topological polar surface area (TPSA) is 58.2 Å². The first kappa shape index (κ1) is 25.0. The van der Waals surface area contributed by atoms with Crippen LogP contribution >= 0.6 is 58.0 Å². The van der Waals surface area contributed by atoms with Gasteiger partial charge in [-0.15, -0.1) is 23.2 Å². The van der Waals surface area contributed by atoms with E-state index in [1.54, 1.807) is 12.1 Å². The molecule has 0 aliphatic heterocycles. The van der Waals surface area contributed by atoms with Crippen LogP contribution in [0.15, 0.2) is 54.6 Å². The summed E-state index contributed by atoms with van der Waals surface area (Å²) in [7, 11) is 0. The molecule has 2 N–H and O–H groups in total. The predicted octanol–water partition coefficient (Wildman–Crippen LogP) is 7.70. The molecule has 4 nitrogen and oxygen atoms in total. The van der Waals surface area contributed by atoms with Crippen LogP contribution in [0.4, 0.5) is 20.2 Å². The number of alkyl halides is 2. The van der Waals surface area contributed by atoms with Gasteiger partial charge in [-0.2, -0.15) is 0 Å². The van der Waals surface area contributed by atoms with E-state index in [9.17, 15) is 18.4 Å². The summed E-state index contributed by atoms with van der Waals surface area (Å²) in [6.07, 6.45) is 0.